The molecule has 0 bridgehead atoms. The maximum absolute atomic E-state index is 14.9. The number of rotatable bonds is 6. The van der Waals surface area contributed by atoms with Gasteiger partial charge in [0.2, 0.25) is 5.91 Å². The van der Waals surface area contributed by atoms with Crippen molar-refractivity contribution in [3.8, 4) is 0 Å². The Morgan fingerprint density at radius 3 is 2.69 bits per heavy atom. The highest BCUT2D eigenvalue weighted by atomic mass is 19.1. The number of carbonyl (C=O) groups excluding carboxylic acids is 3. The number of imidazole rings is 1. The van der Waals surface area contributed by atoms with E-state index in [1.807, 2.05) is 0 Å². The number of carbonyl (C=O) groups is 3. The number of nitrogens with one attached hydrogen (secondary N) is 1. The molecule has 3 aromatic rings. The number of anilines is 2. The van der Waals surface area contributed by atoms with Crippen molar-refractivity contribution < 1.29 is 27.9 Å². The first-order chi connectivity index (χ1) is 17.4. The van der Waals surface area contributed by atoms with Gasteiger partial charge in [0.05, 0.1) is 30.7 Å². The molecular weight excluding hydrogens is 476 g/mol. The zero-order valence-corrected chi connectivity index (χ0v) is 19.1. The number of hydrogen-bond acceptors (Lipinski definition) is 7. The van der Waals surface area contributed by atoms with Crippen LogP contribution in [0.5, 0.6) is 0 Å². The molecule has 1 aromatic carbocycles. The molecule has 0 spiro atoms. The van der Waals surface area contributed by atoms with E-state index in [-0.39, 0.29) is 24.7 Å². The number of amides is 3. The first-order valence-corrected chi connectivity index (χ1v) is 11.4. The van der Waals surface area contributed by atoms with E-state index in [1.54, 1.807) is 44.9 Å². The highest BCUT2D eigenvalue weighted by molar-refractivity contribution is 5.95. The summed E-state index contributed by atoms with van der Waals surface area (Å²) in [6.45, 7) is 0.544. The summed E-state index contributed by atoms with van der Waals surface area (Å²) in [4.78, 5) is 49.6. The number of aromatic nitrogens is 3. The third-order valence-corrected chi connectivity index (χ3v) is 6.16. The van der Waals surface area contributed by atoms with E-state index in [2.05, 4.69) is 15.3 Å². The lowest BCUT2D eigenvalue weighted by atomic mass is 10.2. The van der Waals surface area contributed by atoms with E-state index in [4.69, 9.17) is 4.74 Å². The zero-order valence-electron chi connectivity index (χ0n) is 19.1. The molecule has 2 aromatic heterocycles. The summed E-state index contributed by atoms with van der Waals surface area (Å²) in [5, 5.41) is 2.59. The molecule has 188 valence electrons. The first-order valence-electron chi connectivity index (χ1n) is 11.4. The van der Waals surface area contributed by atoms with E-state index in [0.717, 1.165) is 0 Å². The Bertz CT molecular complexity index is 1280. The van der Waals surface area contributed by atoms with Gasteiger partial charge in [-0.2, -0.15) is 0 Å². The predicted molar refractivity (Wildman–Crippen MR) is 124 cm³/mol. The number of nitrogens with zero attached hydrogens (tertiary/aromatic N) is 6. The minimum Gasteiger partial charge on any atom is -0.441 e. The molecule has 0 saturated carbocycles. The van der Waals surface area contributed by atoms with Gasteiger partial charge in [0.15, 0.2) is 5.65 Å². The lowest BCUT2D eigenvalue weighted by Gasteiger charge is -2.36. The van der Waals surface area contributed by atoms with Gasteiger partial charge >= 0.3 is 6.09 Å². The molecule has 3 amide bonds. The van der Waals surface area contributed by atoms with Crippen LogP contribution in [0.4, 0.5) is 25.0 Å². The second-order valence-electron chi connectivity index (χ2n) is 8.42. The van der Waals surface area contributed by atoms with Gasteiger partial charge in [0.1, 0.15) is 24.3 Å². The van der Waals surface area contributed by atoms with Crippen molar-refractivity contribution in [1.29, 1.82) is 0 Å². The second kappa shape index (κ2) is 9.76. The van der Waals surface area contributed by atoms with Gasteiger partial charge in [-0.15, -0.1) is 0 Å². The van der Waals surface area contributed by atoms with E-state index < -0.39 is 30.6 Å². The Hall–Kier alpha value is -4.29. The lowest BCUT2D eigenvalue weighted by molar-refractivity contribution is -0.130. The summed E-state index contributed by atoms with van der Waals surface area (Å²) < 4.78 is 34.2. The molecule has 1 atom stereocenters. The maximum Gasteiger partial charge on any atom is 0.414 e. The van der Waals surface area contributed by atoms with Gasteiger partial charge < -0.3 is 24.3 Å². The summed E-state index contributed by atoms with van der Waals surface area (Å²) in [5.74, 6) is -1.24. The van der Waals surface area contributed by atoms with E-state index in [0.29, 0.717) is 43.2 Å². The maximum atomic E-state index is 14.9. The summed E-state index contributed by atoms with van der Waals surface area (Å²) >= 11 is 0. The molecule has 36 heavy (non-hydrogen) atoms. The number of fused-ring (bicyclic) bond motifs is 1. The standard InChI is InChI=1S/C23H23F2N7O4/c24-10-16-13-32(23(35)36-16)15-1-2-19(17(25)9-15)29-5-7-30(8-6-29)21(33)12-27-22(34)18-14-31-4-3-26-11-20(31)28-18/h1-4,9,11,14,16H,5-8,10,12-13H2,(H,27,34)/t16-/m0/s1. The van der Waals surface area contributed by atoms with Gasteiger partial charge in [0.25, 0.3) is 5.91 Å². The van der Waals surface area contributed by atoms with Crippen LogP contribution in [0.3, 0.4) is 0 Å². The number of ether oxygens (including phenoxy) is 1. The number of hydrogen-bond donors (Lipinski definition) is 1. The molecular formula is C23H23F2N7O4. The third-order valence-electron chi connectivity index (χ3n) is 6.16. The average molecular weight is 499 g/mol. The van der Waals surface area contributed by atoms with Crippen molar-refractivity contribution in [2.45, 2.75) is 6.10 Å². The van der Waals surface area contributed by atoms with Gasteiger partial charge in [-0.25, -0.2) is 18.6 Å². The summed E-state index contributed by atoms with van der Waals surface area (Å²) in [5.41, 5.74) is 1.34. The molecule has 5 rings (SSSR count). The molecule has 2 aliphatic heterocycles. The SMILES string of the molecule is O=C(NCC(=O)N1CCN(c2ccc(N3C[C@H](CF)OC3=O)cc2F)CC1)c1cn2ccncc2n1. The van der Waals surface area contributed by atoms with Crippen LogP contribution >= 0.6 is 0 Å². The van der Waals surface area contributed by atoms with E-state index >= 15 is 0 Å². The minimum absolute atomic E-state index is 0.0276. The van der Waals surface area contributed by atoms with Crippen molar-refractivity contribution in [2.75, 3.05) is 55.7 Å². The molecule has 2 saturated heterocycles. The van der Waals surface area contributed by atoms with Gasteiger partial charge in [-0.05, 0) is 18.2 Å². The van der Waals surface area contributed by atoms with Crippen LogP contribution in [0.25, 0.3) is 5.65 Å². The average Bonchev–Trinajstić information content (AvgIpc) is 3.50. The summed E-state index contributed by atoms with van der Waals surface area (Å²) in [6.07, 6.45) is 4.77. The molecule has 1 N–H and O–H groups in total. The monoisotopic (exact) mass is 499 g/mol. The largest absolute Gasteiger partial charge is 0.441 e. The number of piperazine rings is 1. The van der Waals surface area contributed by atoms with Gasteiger partial charge in [-0.3, -0.25) is 19.5 Å². The van der Waals surface area contributed by atoms with Crippen molar-refractivity contribution in [3.63, 3.8) is 0 Å². The van der Waals surface area contributed by atoms with E-state index in [9.17, 15) is 23.2 Å². The number of halogens is 2. The molecule has 2 aliphatic rings. The Labute approximate surface area is 204 Å². The van der Waals surface area contributed by atoms with Crippen LogP contribution in [0.15, 0.2) is 43.0 Å². The molecule has 2 fully saturated rings. The number of benzene rings is 1. The fourth-order valence-corrected chi connectivity index (χ4v) is 4.24. The van der Waals surface area contributed by atoms with Crippen molar-refractivity contribution in [3.05, 3.63) is 54.5 Å². The smallest absolute Gasteiger partial charge is 0.414 e. The fraction of sp³-hybridized carbons (Fsp3) is 0.348. The van der Waals surface area contributed by atoms with Crippen molar-refractivity contribution >= 4 is 34.9 Å². The number of cyclic esters (lactones) is 1. The molecule has 4 heterocycles. The fourth-order valence-electron chi connectivity index (χ4n) is 4.24. The molecule has 0 unspecified atom stereocenters. The zero-order chi connectivity index (χ0) is 25.2. The first kappa shape index (κ1) is 23.5. The molecule has 0 aliphatic carbocycles. The quantitative estimate of drug-likeness (QED) is 0.543. The topological polar surface area (TPSA) is 112 Å². The van der Waals surface area contributed by atoms with Crippen LogP contribution in [0, 0.1) is 5.82 Å². The van der Waals surface area contributed by atoms with Crippen LogP contribution in [0.2, 0.25) is 0 Å². The minimum atomic E-state index is -0.854. The second-order valence-corrected chi connectivity index (χ2v) is 8.42. The Kier molecular flexibility index (Phi) is 6.36. The van der Waals surface area contributed by atoms with Crippen molar-refractivity contribution in [2.24, 2.45) is 0 Å². The predicted octanol–water partition coefficient (Wildman–Crippen LogP) is 1.24. The van der Waals surface area contributed by atoms with Crippen molar-refractivity contribution in [1.82, 2.24) is 24.6 Å². The highest BCUT2D eigenvalue weighted by Crippen LogP contribution is 2.28. The Morgan fingerprint density at radius 2 is 2.00 bits per heavy atom. The number of alkyl halides is 1. The Balaban J connectivity index is 1.13. The highest BCUT2D eigenvalue weighted by Gasteiger charge is 2.33. The Morgan fingerprint density at radius 1 is 1.19 bits per heavy atom. The van der Waals surface area contributed by atoms with Crippen LogP contribution in [0.1, 0.15) is 10.5 Å². The van der Waals surface area contributed by atoms with Crippen LogP contribution in [-0.2, 0) is 9.53 Å². The van der Waals surface area contributed by atoms with E-state index in [1.165, 1.54) is 17.2 Å². The van der Waals surface area contributed by atoms with Crippen LogP contribution in [-0.4, -0.2) is 89.2 Å². The lowest BCUT2D eigenvalue weighted by Crippen LogP contribution is -2.51. The van der Waals surface area contributed by atoms with Gasteiger partial charge in [0, 0.05) is 44.8 Å². The third kappa shape index (κ3) is 4.63. The van der Waals surface area contributed by atoms with Crippen LogP contribution < -0.4 is 15.1 Å². The summed E-state index contributed by atoms with van der Waals surface area (Å²) in [7, 11) is 0. The molecule has 0 radical (unpaired) electrons. The normalized spacial score (nSPS) is 18.0. The summed E-state index contributed by atoms with van der Waals surface area (Å²) in [6, 6.07) is 4.37. The van der Waals surface area contributed by atoms with Gasteiger partial charge in [-0.1, -0.05) is 0 Å². The molecule has 13 heteroatoms. The molecule has 11 nitrogen and oxygen atoms in total.